The lowest BCUT2D eigenvalue weighted by Crippen LogP contribution is -2.52. The van der Waals surface area contributed by atoms with Crippen LogP contribution < -0.4 is 9.80 Å². The number of halogens is 6. The second-order valence-electron chi connectivity index (χ2n) is 8.35. The molecular formula is C24H23F6N3O2. The molecule has 0 N–H and O–H groups in total. The highest BCUT2D eigenvalue weighted by Gasteiger charge is 2.41. The first-order valence-corrected chi connectivity index (χ1v) is 10.7. The quantitative estimate of drug-likeness (QED) is 0.437. The SMILES string of the molecule is CCC1CN(C(C#N)c2cc(C(F)(F)F)cc(C(F)(F)F)c2)c2cc(C)c(C)cc2N1C(=O)OC. The average Bonchev–Trinajstić information content (AvgIpc) is 2.78. The largest absolute Gasteiger partial charge is 0.452 e. The van der Waals surface area contributed by atoms with Crippen molar-refractivity contribution in [3.63, 3.8) is 0 Å². The summed E-state index contributed by atoms with van der Waals surface area (Å²) in [7, 11) is 1.21. The van der Waals surface area contributed by atoms with Crippen LogP contribution >= 0.6 is 0 Å². The molecule has 0 bridgehead atoms. The summed E-state index contributed by atoms with van der Waals surface area (Å²) in [5, 5.41) is 9.99. The first-order valence-electron chi connectivity index (χ1n) is 10.7. The van der Waals surface area contributed by atoms with Crippen molar-refractivity contribution in [2.24, 2.45) is 0 Å². The summed E-state index contributed by atoms with van der Waals surface area (Å²) in [5.41, 5.74) is -1.17. The fourth-order valence-corrected chi connectivity index (χ4v) is 4.18. The maximum Gasteiger partial charge on any atom is 0.416 e. The first kappa shape index (κ1) is 26.2. The van der Waals surface area contributed by atoms with Gasteiger partial charge in [0, 0.05) is 6.54 Å². The number of methoxy groups -OCH3 is 1. The molecule has 0 saturated heterocycles. The zero-order chi connectivity index (χ0) is 26.3. The standard InChI is InChI=1S/C24H23F6N3O2/c1-5-18-12-32(19-6-13(2)14(3)7-20(19)33(18)22(34)35-4)21(11-31)15-8-16(23(25,26)27)10-17(9-15)24(28,29)30/h6-10,18,21H,5,12H2,1-4H3. The number of nitrogens with zero attached hydrogens (tertiary/aromatic N) is 3. The number of aryl methyl sites for hydroxylation is 2. The topological polar surface area (TPSA) is 56.6 Å². The minimum atomic E-state index is -5.04. The number of carbonyl (C=O) groups is 1. The van der Waals surface area contributed by atoms with Gasteiger partial charge in [-0.25, -0.2) is 4.79 Å². The summed E-state index contributed by atoms with van der Waals surface area (Å²) in [6.07, 6.45) is -10.4. The Hall–Kier alpha value is -3.42. The van der Waals surface area contributed by atoms with Crippen molar-refractivity contribution in [1.29, 1.82) is 5.26 Å². The van der Waals surface area contributed by atoms with Crippen LogP contribution in [-0.4, -0.2) is 25.8 Å². The minimum absolute atomic E-state index is 0.00305. The van der Waals surface area contributed by atoms with Crippen molar-refractivity contribution < 1.29 is 35.9 Å². The molecule has 1 aliphatic rings. The van der Waals surface area contributed by atoms with Crippen molar-refractivity contribution in [2.45, 2.75) is 51.6 Å². The Morgan fingerprint density at radius 2 is 1.54 bits per heavy atom. The van der Waals surface area contributed by atoms with Gasteiger partial charge in [-0.3, -0.25) is 4.90 Å². The Morgan fingerprint density at radius 1 is 1.03 bits per heavy atom. The van der Waals surface area contributed by atoms with Crippen LogP contribution in [0.2, 0.25) is 0 Å². The molecule has 2 unspecified atom stereocenters. The molecule has 1 heterocycles. The van der Waals surface area contributed by atoms with Crippen LogP contribution in [0.4, 0.5) is 42.5 Å². The summed E-state index contributed by atoms with van der Waals surface area (Å²) in [6, 6.07) is 4.38. The van der Waals surface area contributed by atoms with E-state index in [9.17, 15) is 36.4 Å². The molecule has 35 heavy (non-hydrogen) atoms. The van der Waals surface area contributed by atoms with Gasteiger partial charge in [-0.15, -0.1) is 0 Å². The van der Waals surface area contributed by atoms with E-state index < -0.39 is 47.2 Å². The van der Waals surface area contributed by atoms with Crippen LogP contribution in [0.25, 0.3) is 0 Å². The number of anilines is 2. The molecule has 0 spiro atoms. The van der Waals surface area contributed by atoms with E-state index in [1.807, 2.05) is 6.07 Å². The molecule has 1 aliphatic heterocycles. The Bertz CT molecular complexity index is 1140. The monoisotopic (exact) mass is 499 g/mol. The lowest BCUT2D eigenvalue weighted by molar-refractivity contribution is -0.143. The second-order valence-corrected chi connectivity index (χ2v) is 8.35. The van der Waals surface area contributed by atoms with E-state index in [1.54, 1.807) is 32.9 Å². The summed E-state index contributed by atoms with van der Waals surface area (Å²) < 4.78 is 85.7. The number of rotatable bonds is 3. The number of fused-ring (bicyclic) bond motifs is 1. The van der Waals surface area contributed by atoms with Crippen LogP contribution in [0.5, 0.6) is 0 Å². The number of ether oxygens (including phenoxy) is 1. The van der Waals surface area contributed by atoms with Crippen molar-refractivity contribution in [3.05, 3.63) is 58.1 Å². The molecule has 2 atom stereocenters. The molecule has 2 aromatic carbocycles. The van der Waals surface area contributed by atoms with Gasteiger partial charge in [0.05, 0.1) is 41.7 Å². The maximum atomic E-state index is 13.5. The van der Waals surface area contributed by atoms with Gasteiger partial charge >= 0.3 is 18.4 Å². The van der Waals surface area contributed by atoms with E-state index in [-0.39, 0.29) is 12.6 Å². The molecule has 0 saturated carbocycles. The molecule has 5 nitrogen and oxygen atoms in total. The molecular weight excluding hydrogens is 476 g/mol. The molecule has 2 aromatic rings. The molecule has 0 aromatic heterocycles. The van der Waals surface area contributed by atoms with Crippen LogP contribution in [0, 0.1) is 25.2 Å². The van der Waals surface area contributed by atoms with Crippen molar-refractivity contribution in [1.82, 2.24) is 0 Å². The van der Waals surface area contributed by atoms with Gasteiger partial charge in [0.2, 0.25) is 0 Å². The van der Waals surface area contributed by atoms with E-state index in [2.05, 4.69) is 0 Å². The predicted octanol–water partition coefficient (Wildman–Crippen LogP) is 6.78. The minimum Gasteiger partial charge on any atom is -0.452 e. The number of benzene rings is 2. The summed E-state index contributed by atoms with van der Waals surface area (Å²) in [5.74, 6) is 0. The molecule has 3 rings (SSSR count). The van der Waals surface area contributed by atoms with Gasteiger partial charge in [0.15, 0.2) is 0 Å². The molecule has 188 valence electrons. The van der Waals surface area contributed by atoms with Crippen LogP contribution in [0.3, 0.4) is 0 Å². The summed E-state index contributed by atoms with van der Waals surface area (Å²) >= 11 is 0. The highest BCUT2D eigenvalue weighted by molar-refractivity contribution is 5.95. The fraction of sp³-hybridized carbons (Fsp3) is 0.417. The molecule has 1 amide bonds. The smallest absolute Gasteiger partial charge is 0.416 e. The highest BCUT2D eigenvalue weighted by atomic mass is 19.4. The zero-order valence-corrected chi connectivity index (χ0v) is 19.4. The van der Waals surface area contributed by atoms with E-state index in [4.69, 9.17) is 4.74 Å². The van der Waals surface area contributed by atoms with Crippen molar-refractivity contribution in [2.75, 3.05) is 23.5 Å². The van der Waals surface area contributed by atoms with Gasteiger partial charge in [-0.2, -0.15) is 31.6 Å². The Morgan fingerprint density at radius 3 is 1.97 bits per heavy atom. The third-order valence-corrected chi connectivity index (χ3v) is 6.13. The molecule has 0 radical (unpaired) electrons. The average molecular weight is 499 g/mol. The fourth-order valence-electron chi connectivity index (χ4n) is 4.18. The Labute approximate surface area is 198 Å². The summed E-state index contributed by atoms with van der Waals surface area (Å²) in [6.45, 7) is 5.35. The first-order chi connectivity index (χ1) is 16.2. The molecule has 0 fully saturated rings. The molecule has 0 aliphatic carbocycles. The third kappa shape index (κ3) is 5.01. The van der Waals surface area contributed by atoms with E-state index in [0.717, 1.165) is 11.1 Å². The lowest BCUT2D eigenvalue weighted by Gasteiger charge is -2.44. The third-order valence-electron chi connectivity index (χ3n) is 6.13. The second kappa shape index (κ2) is 9.32. The normalized spacial score (nSPS) is 17.0. The number of carbonyl (C=O) groups excluding carboxylic acids is 1. The van der Waals surface area contributed by atoms with Gasteiger partial charge in [0.25, 0.3) is 0 Å². The summed E-state index contributed by atoms with van der Waals surface area (Å²) in [4.78, 5) is 15.4. The van der Waals surface area contributed by atoms with Gasteiger partial charge in [-0.1, -0.05) is 6.92 Å². The Kier molecular flexibility index (Phi) is 6.97. The number of alkyl halides is 6. The van der Waals surface area contributed by atoms with Crippen LogP contribution in [0.1, 0.15) is 47.2 Å². The lowest BCUT2D eigenvalue weighted by atomic mass is 9.95. The van der Waals surface area contributed by atoms with Crippen LogP contribution in [-0.2, 0) is 17.1 Å². The van der Waals surface area contributed by atoms with Crippen LogP contribution in [0.15, 0.2) is 30.3 Å². The number of hydrogen-bond donors (Lipinski definition) is 0. The Balaban J connectivity index is 2.26. The highest BCUT2D eigenvalue weighted by Crippen LogP contribution is 2.44. The van der Waals surface area contributed by atoms with Crippen molar-refractivity contribution >= 4 is 17.5 Å². The predicted molar refractivity (Wildman–Crippen MR) is 117 cm³/mol. The number of hydrogen-bond acceptors (Lipinski definition) is 4. The molecule has 11 heteroatoms. The van der Waals surface area contributed by atoms with Gasteiger partial charge in [-0.05, 0) is 67.3 Å². The van der Waals surface area contributed by atoms with Gasteiger partial charge < -0.3 is 9.64 Å². The van der Waals surface area contributed by atoms with Gasteiger partial charge in [0.1, 0.15) is 6.04 Å². The van der Waals surface area contributed by atoms with E-state index >= 15 is 0 Å². The van der Waals surface area contributed by atoms with E-state index in [1.165, 1.54) is 16.9 Å². The zero-order valence-electron chi connectivity index (χ0n) is 19.4. The van der Waals surface area contributed by atoms with Crippen molar-refractivity contribution in [3.8, 4) is 6.07 Å². The number of nitriles is 1. The maximum absolute atomic E-state index is 13.5. The van der Waals surface area contributed by atoms with E-state index in [0.29, 0.717) is 29.9 Å². The number of amides is 1.